The maximum absolute atomic E-state index is 9.71. The Kier molecular flexibility index (Phi) is 6.42. The standard InChI is InChI=1S/C9H18O5S2/c10-1-6(11)8(12)9(13)7(3-15)14-2-5-4-16-5/h5-13,15H,1-4H2/t5?,6-,7+,8-,9-/m1/s1. The number of ether oxygens (including phenoxy) is 1. The van der Waals surface area contributed by atoms with E-state index in [4.69, 9.17) is 9.84 Å². The van der Waals surface area contributed by atoms with Crippen LogP contribution in [-0.4, -0.2) is 74.8 Å². The lowest BCUT2D eigenvalue weighted by atomic mass is 10.0. The minimum Gasteiger partial charge on any atom is -0.394 e. The highest BCUT2D eigenvalue weighted by molar-refractivity contribution is 8.06. The maximum Gasteiger partial charge on any atom is 0.111 e. The lowest BCUT2D eigenvalue weighted by Crippen LogP contribution is -2.47. The van der Waals surface area contributed by atoms with Gasteiger partial charge in [-0.05, 0) is 0 Å². The lowest BCUT2D eigenvalue weighted by Gasteiger charge is -2.27. The molecule has 1 unspecified atom stereocenters. The second kappa shape index (κ2) is 7.05. The zero-order chi connectivity index (χ0) is 12.1. The van der Waals surface area contributed by atoms with Gasteiger partial charge in [0.25, 0.3) is 0 Å². The van der Waals surface area contributed by atoms with E-state index in [1.54, 1.807) is 11.8 Å². The van der Waals surface area contributed by atoms with Crippen LogP contribution in [0.2, 0.25) is 0 Å². The molecule has 1 fully saturated rings. The number of rotatable bonds is 8. The molecule has 96 valence electrons. The summed E-state index contributed by atoms with van der Waals surface area (Å²) in [7, 11) is 0. The van der Waals surface area contributed by atoms with E-state index in [2.05, 4.69) is 12.6 Å². The quantitative estimate of drug-likeness (QED) is 0.272. The first-order valence-corrected chi connectivity index (χ1v) is 6.77. The third kappa shape index (κ3) is 4.40. The molecule has 0 radical (unpaired) electrons. The summed E-state index contributed by atoms with van der Waals surface area (Å²) in [6.07, 6.45) is -4.67. The van der Waals surface area contributed by atoms with E-state index in [9.17, 15) is 15.3 Å². The van der Waals surface area contributed by atoms with Gasteiger partial charge < -0.3 is 25.2 Å². The first-order chi connectivity index (χ1) is 7.60. The molecule has 1 aliphatic rings. The van der Waals surface area contributed by atoms with Crippen LogP contribution < -0.4 is 0 Å². The summed E-state index contributed by atoms with van der Waals surface area (Å²) >= 11 is 5.79. The molecule has 0 bridgehead atoms. The minimum atomic E-state index is -1.42. The Bertz CT molecular complexity index is 202. The fraction of sp³-hybridized carbons (Fsp3) is 1.00. The largest absolute Gasteiger partial charge is 0.394 e. The molecule has 0 aromatic rings. The van der Waals surface area contributed by atoms with Crippen molar-refractivity contribution in [2.45, 2.75) is 29.7 Å². The summed E-state index contributed by atoms with van der Waals surface area (Å²) in [6, 6.07) is 0. The van der Waals surface area contributed by atoms with Gasteiger partial charge in [0.15, 0.2) is 0 Å². The van der Waals surface area contributed by atoms with Crippen molar-refractivity contribution in [3.63, 3.8) is 0 Å². The summed E-state index contributed by atoms with van der Waals surface area (Å²) in [5, 5.41) is 37.5. The number of thioether (sulfide) groups is 1. The molecule has 0 aliphatic carbocycles. The van der Waals surface area contributed by atoms with Crippen molar-refractivity contribution in [3.05, 3.63) is 0 Å². The average Bonchev–Trinajstić information content (AvgIpc) is 3.11. The van der Waals surface area contributed by atoms with Crippen LogP contribution in [0.5, 0.6) is 0 Å². The molecule has 1 aliphatic heterocycles. The van der Waals surface area contributed by atoms with Gasteiger partial charge in [-0.15, -0.1) is 0 Å². The maximum atomic E-state index is 9.71. The summed E-state index contributed by atoms with van der Waals surface area (Å²) in [5.41, 5.74) is 0. The molecular formula is C9H18O5S2. The van der Waals surface area contributed by atoms with E-state index in [1.165, 1.54) is 0 Å². The predicted octanol–water partition coefficient (Wildman–Crippen LogP) is -1.51. The van der Waals surface area contributed by atoms with Gasteiger partial charge in [-0.25, -0.2) is 0 Å². The van der Waals surface area contributed by atoms with Crippen molar-refractivity contribution in [2.24, 2.45) is 0 Å². The minimum absolute atomic E-state index is 0.244. The molecule has 16 heavy (non-hydrogen) atoms. The van der Waals surface area contributed by atoms with E-state index < -0.39 is 31.0 Å². The van der Waals surface area contributed by atoms with Gasteiger partial charge >= 0.3 is 0 Å². The number of hydrogen-bond acceptors (Lipinski definition) is 7. The molecule has 5 nitrogen and oxygen atoms in total. The zero-order valence-corrected chi connectivity index (χ0v) is 10.5. The first-order valence-electron chi connectivity index (χ1n) is 5.09. The van der Waals surface area contributed by atoms with Crippen LogP contribution in [0.15, 0.2) is 0 Å². The summed E-state index contributed by atoms with van der Waals surface area (Å²) in [4.78, 5) is 0. The molecule has 0 saturated carbocycles. The molecule has 7 heteroatoms. The molecule has 0 aromatic heterocycles. The van der Waals surface area contributed by atoms with Gasteiger partial charge in [0.2, 0.25) is 0 Å². The second-order valence-corrected chi connectivity index (χ2v) is 5.44. The normalized spacial score (nSPS) is 27.2. The van der Waals surface area contributed by atoms with Crippen molar-refractivity contribution >= 4 is 24.4 Å². The van der Waals surface area contributed by atoms with Crippen molar-refractivity contribution in [1.82, 2.24) is 0 Å². The molecule has 0 aromatic carbocycles. The number of aliphatic hydroxyl groups excluding tert-OH is 4. The van der Waals surface area contributed by atoms with Crippen LogP contribution in [0.3, 0.4) is 0 Å². The molecule has 1 saturated heterocycles. The van der Waals surface area contributed by atoms with Gasteiger partial charge in [0, 0.05) is 16.8 Å². The van der Waals surface area contributed by atoms with Crippen molar-refractivity contribution in [2.75, 3.05) is 24.7 Å². The number of hydrogen-bond donors (Lipinski definition) is 5. The van der Waals surface area contributed by atoms with Gasteiger partial charge in [-0.2, -0.15) is 24.4 Å². The zero-order valence-electron chi connectivity index (χ0n) is 8.77. The Hall–Kier alpha value is 0.500. The molecule has 0 spiro atoms. The Morgan fingerprint density at radius 3 is 2.38 bits per heavy atom. The second-order valence-electron chi connectivity index (χ2n) is 3.74. The monoisotopic (exact) mass is 270 g/mol. The van der Waals surface area contributed by atoms with E-state index in [-0.39, 0.29) is 5.75 Å². The fourth-order valence-corrected chi connectivity index (χ4v) is 1.94. The Morgan fingerprint density at radius 2 is 1.94 bits per heavy atom. The summed E-state index contributed by atoms with van der Waals surface area (Å²) < 4.78 is 5.39. The van der Waals surface area contributed by atoms with Gasteiger partial charge in [0.05, 0.1) is 19.3 Å². The molecular weight excluding hydrogens is 252 g/mol. The number of aliphatic hydroxyl groups is 4. The Morgan fingerprint density at radius 1 is 1.31 bits per heavy atom. The van der Waals surface area contributed by atoms with E-state index in [0.29, 0.717) is 11.9 Å². The first kappa shape index (κ1) is 14.6. The molecule has 4 N–H and O–H groups in total. The predicted molar refractivity (Wildman–Crippen MR) is 64.9 cm³/mol. The van der Waals surface area contributed by atoms with Crippen LogP contribution in [0.1, 0.15) is 0 Å². The third-order valence-corrected chi connectivity index (χ3v) is 3.69. The van der Waals surface area contributed by atoms with E-state index in [0.717, 1.165) is 5.75 Å². The Labute approximate surface area is 104 Å². The highest BCUT2D eigenvalue weighted by atomic mass is 32.2. The van der Waals surface area contributed by atoms with Crippen LogP contribution in [0.25, 0.3) is 0 Å². The van der Waals surface area contributed by atoms with Crippen molar-refractivity contribution in [1.29, 1.82) is 0 Å². The van der Waals surface area contributed by atoms with Crippen LogP contribution in [0.4, 0.5) is 0 Å². The van der Waals surface area contributed by atoms with Gasteiger partial charge in [-0.1, -0.05) is 0 Å². The SMILES string of the molecule is OC[C@@H](O)[C@@H](O)[C@H](O)[C@H](CS)OCC1CS1. The van der Waals surface area contributed by atoms with E-state index in [1.807, 2.05) is 0 Å². The summed E-state index contributed by atoms with van der Waals surface area (Å²) in [6.45, 7) is -0.0924. The lowest BCUT2D eigenvalue weighted by molar-refractivity contribution is -0.123. The van der Waals surface area contributed by atoms with Crippen LogP contribution >= 0.6 is 24.4 Å². The highest BCUT2D eigenvalue weighted by Gasteiger charge is 2.32. The third-order valence-electron chi connectivity index (χ3n) is 2.39. The fourth-order valence-electron chi connectivity index (χ4n) is 1.21. The smallest absolute Gasteiger partial charge is 0.111 e. The summed E-state index contributed by atoms with van der Waals surface area (Å²) in [5.74, 6) is 1.30. The molecule has 0 amide bonds. The van der Waals surface area contributed by atoms with E-state index >= 15 is 0 Å². The molecule has 1 heterocycles. The van der Waals surface area contributed by atoms with Crippen LogP contribution in [-0.2, 0) is 4.74 Å². The molecule has 5 atom stereocenters. The number of thiol groups is 1. The van der Waals surface area contributed by atoms with Gasteiger partial charge in [0.1, 0.15) is 18.3 Å². The highest BCUT2D eigenvalue weighted by Crippen LogP contribution is 2.30. The Balaban J connectivity index is 2.36. The van der Waals surface area contributed by atoms with Crippen molar-refractivity contribution in [3.8, 4) is 0 Å². The van der Waals surface area contributed by atoms with Crippen molar-refractivity contribution < 1.29 is 25.2 Å². The van der Waals surface area contributed by atoms with Gasteiger partial charge in [-0.3, -0.25) is 0 Å². The average molecular weight is 270 g/mol. The topological polar surface area (TPSA) is 90.2 Å². The van der Waals surface area contributed by atoms with Crippen LogP contribution in [0, 0.1) is 0 Å². The molecule has 1 rings (SSSR count).